The summed E-state index contributed by atoms with van der Waals surface area (Å²) in [5.41, 5.74) is 11.6. The van der Waals surface area contributed by atoms with Gasteiger partial charge in [0.25, 0.3) is 0 Å². The summed E-state index contributed by atoms with van der Waals surface area (Å²) in [5.74, 6) is -2.08. The third kappa shape index (κ3) is 8.41. The minimum Gasteiger partial charge on any atom is -0.456 e. The molecular formula is C56H50N4O8. The van der Waals surface area contributed by atoms with E-state index in [1.54, 1.807) is 13.8 Å². The number of aryl methyl sites for hydroxylation is 2. The number of H-pyrrole nitrogens is 4. The van der Waals surface area contributed by atoms with E-state index in [0.29, 0.717) is 50.4 Å². The van der Waals surface area contributed by atoms with E-state index in [9.17, 15) is 24.0 Å². The molecule has 0 spiro atoms. The third-order valence-corrected chi connectivity index (χ3v) is 12.9. The Kier molecular flexibility index (Phi) is 12.3. The zero-order valence-electron chi connectivity index (χ0n) is 38.7. The van der Waals surface area contributed by atoms with Gasteiger partial charge in [0.15, 0.2) is 11.6 Å². The number of hydrogen-bond acceptors (Lipinski definition) is 8. The molecular weight excluding hydrogens is 857 g/mol. The van der Waals surface area contributed by atoms with Crippen molar-refractivity contribution in [1.29, 1.82) is 0 Å². The third-order valence-electron chi connectivity index (χ3n) is 12.9. The molecule has 0 aliphatic heterocycles. The number of Topliss-reactive ketones (excluding diaryl/α,β-unsaturated/α-hetero) is 2. The molecule has 9 aromatic rings. The van der Waals surface area contributed by atoms with Crippen LogP contribution in [0.2, 0.25) is 0 Å². The van der Waals surface area contributed by atoms with Crippen LogP contribution in [0.4, 0.5) is 0 Å². The van der Waals surface area contributed by atoms with E-state index in [1.807, 2.05) is 123 Å². The molecule has 5 aromatic carbocycles. The van der Waals surface area contributed by atoms with Crippen molar-refractivity contribution in [1.82, 2.24) is 19.9 Å². The Morgan fingerprint density at radius 3 is 1.32 bits per heavy atom. The summed E-state index contributed by atoms with van der Waals surface area (Å²) in [7, 11) is 0. The smallest absolute Gasteiger partial charge is 0.355 e. The molecule has 0 atom stereocenters. The van der Waals surface area contributed by atoms with E-state index in [0.717, 1.165) is 60.6 Å². The molecule has 4 heterocycles. The number of aromatic amines is 4. The van der Waals surface area contributed by atoms with E-state index in [2.05, 4.69) is 19.9 Å². The number of hydrogen-bond donors (Lipinski definition) is 4. The molecule has 342 valence electrons. The van der Waals surface area contributed by atoms with Crippen molar-refractivity contribution in [2.24, 2.45) is 0 Å². The Bertz CT molecular complexity index is 3450. The van der Waals surface area contributed by atoms with Gasteiger partial charge in [0.1, 0.15) is 36.9 Å². The summed E-state index contributed by atoms with van der Waals surface area (Å²) >= 11 is 0. The molecule has 0 radical (unpaired) electrons. The van der Waals surface area contributed by atoms with Crippen LogP contribution in [-0.4, -0.2) is 49.4 Å². The molecule has 4 N–H and O–H groups in total. The van der Waals surface area contributed by atoms with E-state index in [4.69, 9.17) is 14.2 Å². The van der Waals surface area contributed by atoms with E-state index >= 15 is 0 Å². The standard InChI is InChI=1S/C56H50N4O8/c1-30-44-31(2)51(56(65)68-29-38-21-14-9-15-22-38)60-53(44)41(26-43-46(35(6)62)33(4)50(58-43)55(64)67-28-37-19-12-8-13-20-37)47-40-24-16-23-39(52(40)59-48(30)47)25-42-45(34(5)61)32(3)49(57-42)54(63)66-27-36-17-10-7-11-18-36/h7-24,57-60H,25-29H2,1-6H3. The van der Waals surface area contributed by atoms with Crippen LogP contribution < -0.4 is 0 Å². The zero-order valence-corrected chi connectivity index (χ0v) is 38.7. The molecule has 0 amide bonds. The first-order valence-corrected chi connectivity index (χ1v) is 22.4. The molecule has 0 aliphatic rings. The molecule has 0 saturated carbocycles. The highest BCUT2D eigenvalue weighted by Crippen LogP contribution is 2.42. The maximum atomic E-state index is 13.9. The van der Waals surface area contributed by atoms with Crippen molar-refractivity contribution in [3.63, 3.8) is 0 Å². The summed E-state index contributed by atoms with van der Waals surface area (Å²) in [6, 6.07) is 34.2. The second kappa shape index (κ2) is 18.6. The van der Waals surface area contributed by atoms with Gasteiger partial charge >= 0.3 is 17.9 Å². The highest BCUT2D eigenvalue weighted by Gasteiger charge is 2.29. The predicted molar refractivity (Wildman–Crippen MR) is 261 cm³/mol. The number of para-hydroxylation sites is 1. The molecule has 0 unspecified atom stereocenters. The van der Waals surface area contributed by atoms with E-state index in [1.165, 1.54) is 13.8 Å². The molecule has 0 saturated heterocycles. The van der Waals surface area contributed by atoms with Gasteiger partial charge in [0, 0.05) is 51.5 Å². The van der Waals surface area contributed by atoms with Crippen LogP contribution in [-0.2, 0) is 46.9 Å². The Balaban J connectivity index is 1.17. The number of aromatic nitrogens is 4. The van der Waals surface area contributed by atoms with Crippen LogP contribution >= 0.6 is 0 Å². The minimum absolute atomic E-state index is 0.0558. The number of carbonyl (C=O) groups is 5. The first kappa shape index (κ1) is 44.9. The first-order chi connectivity index (χ1) is 32.8. The molecule has 12 nitrogen and oxygen atoms in total. The van der Waals surface area contributed by atoms with Crippen LogP contribution in [0.5, 0.6) is 0 Å². The monoisotopic (exact) mass is 906 g/mol. The lowest BCUT2D eigenvalue weighted by Crippen LogP contribution is -2.07. The SMILES string of the molecule is CC(=O)c1c(Cc2cccc3c2[nH]c2c(C)c4c(C)c(C(=O)OCc5ccccc5)[nH]c4c(Cc4[nH]c(C(=O)OCc5ccccc5)c(C)c4C(C)=O)c23)[nH]c(C(=O)OCc2ccccc2)c1C. The lowest BCUT2D eigenvalue weighted by Gasteiger charge is -2.11. The fourth-order valence-corrected chi connectivity index (χ4v) is 9.64. The molecule has 0 fully saturated rings. The number of nitrogens with one attached hydrogen (secondary N) is 4. The van der Waals surface area contributed by atoms with Gasteiger partial charge in [-0.05, 0) is 91.6 Å². The number of fused-ring (bicyclic) bond motifs is 4. The van der Waals surface area contributed by atoms with E-state index in [-0.39, 0.29) is 55.6 Å². The van der Waals surface area contributed by atoms with Crippen molar-refractivity contribution >= 4 is 62.2 Å². The highest BCUT2D eigenvalue weighted by molar-refractivity contribution is 6.18. The largest absolute Gasteiger partial charge is 0.456 e. The Morgan fingerprint density at radius 1 is 0.426 bits per heavy atom. The summed E-state index contributed by atoms with van der Waals surface area (Å²) in [4.78, 5) is 81.6. The quantitative estimate of drug-likeness (QED) is 0.0446. The van der Waals surface area contributed by atoms with Gasteiger partial charge in [-0.3, -0.25) is 9.59 Å². The van der Waals surface area contributed by atoms with Crippen molar-refractivity contribution in [2.45, 2.75) is 74.2 Å². The number of benzene rings is 5. The van der Waals surface area contributed by atoms with Crippen molar-refractivity contribution in [3.8, 4) is 0 Å². The Morgan fingerprint density at radius 2 is 0.868 bits per heavy atom. The second-order valence-electron chi connectivity index (χ2n) is 17.3. The molecule has 68 heavy (non-hydrogen) atoms. The van der Waals surface area contributed by atoms with Gasteiger partial charge in [-0.1, -0.05) is 109 Å². The number of ketones is 2. The number of carbonyl (C=O) groups excluding carboxylic acids is 5. The van der Waals surface area contributed by atoms with Crippen LogP contribution in [0.1, 0.15) is 127 Å². The lowest BCUT2D eigenvalue weighted by molar-refractivity contribution is 0.0457. The van der Waals surface area contributed by atoms with Gasteiger partial charge < -0.3 is 34.1 Å². The number of rotatable bonds is 15. The fraction of sp³-hybridized carbons (Fsp3) is 0.196. The summed E-state index contributed by atoms with van der Waals surface area (Å²) in [6.07, 6.45) is 0.427. The van der Waals surface area contributed by atoms with Crippen LogP contribution in [0, 0.1) is 27.7 Å². The number of esters is 3. The Labute approximate surface area is 392 Å². The Hall–Kier alpha value is -8.25. The summed E-state index contributed by atoms with van der Waals surface area (Å²) < 4.78 is 17.3. The average Bonchev–Trinajstić information content (AvgIpc) is 4.09. The lowest BCUT2D eigenvalue weighted by atomic mass is 9.92. The number of ether oxygens (including phenoxy) is 3. The van der Waals surface area contributed by atoms with Crippen molar-refractivity contribution in [2.75, 3.05) is 0 Å². The first-order valence-electron chi connectivity index (χ1n) is 22.4. The summed E-state index contributed by atoms with van der Waals surface area (Å²) in [6.45, 7) is 10.6. The van der Waals surface area contributed by atoms with Gasteiger partial charge in [-0.15, -0.1) is 0 Å². The predicted octanol–water partition coefficient (Wildman–Crippen LogP) is 11.4. The van der Waals surface area contributed by atoms with E-state index < -0.39 is 17.9 Å². The maximum absolute atomic E-state index is 13.9. The van der Waals surface area contributed by atoms with Crippen LogP contribution in [0.15, 0.2) is 109 Å². The molecule has 4 aromatic heterocycles. The fourth-order valence-electron chi connectivity index (χ4n) is 9.64. The van der Waals surface area contributed by atoms with Crippen molar-refractivity contribution in [3.05, 3.63) is 199 Å². The van der Waals surface area contributed by atoms with Gasteiger partial charge in [-0.2, -0.15) is 0 Å². The van der Waals surface area contributed by atoms with Gasteiger partial charge in [0.05, 0.1) is 16.6 Å². The normalized spacial score (nSPS) is 11.4. The average molecular weight is 907 g/mol. The van der Waals surface area contributed by atoms with Gasteiger partial charge in [-0.25, -0.2) is 14.4 Å². The van der Waals surface area contributed by atoms with Crippen LogP contribution in [0.25, 0.3) is 32.7 Å². The minimum atomic E-state index is -0.590. The van der Waals surface area contributed by atoms with Crippen LogP contribution in [0.3, 0.4) is 0 Å². The molecule has 0 aliphatic carbocycles. The molecule has 9 rings (SSSR count). The molecule has 0 bridgehead atoms. The maximum Gasteiger partial charge on any atom is 0.355 e. The second-order valence-corrected chi connectivity index (χ2v) is 17.3. The highest BCUT2D eigenvalue weighted by atomic mass is 16.5. The van der Waals surface area contributed by atoms with Gasteiger partial charge in [0.2, 0.25) is 0 Å². The summed E-state index contributed by atoms with van der Waals surface area (Å²) in [5, 5.41) is 2.50. The zero-order chi connectivity index (χ0) is 47.8. The molecule has 12 heteroatoms. The topological polar surface area (TPSA) is 176 Å². The van der Waals surface area contributed by atoms with Crippen molar-refractivity contribution < 1.29 is 38.2 Å².